The van der Waals surface area contributed by atoms with Gasteiger partial charge < -0.3 is 10.4 Å². The molecule has 0 aliphatic rings. The number of thiazole rings is 1. The molecule has 0 bridgehead atoms. The lowest BCUT2D eigenvalue weighted by atomic mass is 10.1. The first-order valence-corrected chi connectivity index (χ1v) is 12.7. The Labute approximate surface area is 221 Å². The minimum atomic E-state index is -0.587. The van der Waals surface area contributed by atoms with Crippen LogP contribution in [0.1, 0.15) is 26.6 Å². The number of nitrogens with one attached hydrogen (secondary N) is 1. The number of thiophene rings is 1. The van der Waals surface area contributed by atoms with Crippen LogP contribution in [0.5, 0.6) is 5.75 Å². The van der Waals surface area contributed by atoms with E-state index in [1.54, 1.807) is 17.5 Å². The molecular weight excluding hydrogens is 536 g/mol. The number of aromatic nitrogens is 6. The number of hydrogen-bond acceptors (Lipinski definition) is 11. The van der Waals surface area contributed by atoms with Gasteiger partial charge in [0.25, 0.3) is 11.5 Å². The molecule has 5 heterocycles. The van der Waals surface area contributed by atoms with Crippen molar-refractivity contribution < 1.29 is 9.90 Å². The monoisotopic (exact) mass is 550 g/mol. The van der Waals surface area contributed by atoms with Crippen LogP contribution in [0.4, 0.5) is 5.82 Å². The first kappa shape index (κ1) is 24.3. The number of nitrogens with zero attached hydrogens (tertiary/aromatic N) is 7. The molecule has 0 aromatic carbocycles. The second kappa shape index (κ2) is 10.3. The zero-order valence-corrected chi connectivity index (χ0v) is 21.1. The fourth-order valence-corrected chi connectivity index (χ4v) is 5.14. The van der Waals surface area contributed by atoms with Gasteiger partial charge >= 0.3 is 0 Å². The van der Waals surface area contributed by atoms with E-state index in [2.05, 4.69) is 31.4 Å². The summed E-state index contributed by atoms with van der Waals surface area (Å²) in [7, 11) is 0. The summed E-state index contributed by atoms with van der Waals surface area (Å²) in [6.07, 6.45) is 2.86. The van der Waals surface area contributed by atoms with Crippen molar-refractivity contribution >= 4 is 46.0 Å². The van der Waals surface area contributed by atoms with Crippen LogP contribution >= 0.6 is 34.3 Å². The van der Waals surface area contributed by atoms with Gasteiger partial charge in [-0.05, 0) is 24.3 Å². The van der Waals surface area contributed by atoms with Crippen LogP contribution < -0.4 is 10.9 Å². The van der Waals surface area contributed by atoms with Crippen LogP contribution in [0.2, 0.25) is 4.34 Å². The molecule has 0 spiro atoms. The largest absolute Gasteiger partial charge is 0.506 e. The van der Waals surface area contributed by atoms with Crippen molar-refractivity contribution in [2.75, 3.05) is 5.32 Å². The molecule has 0 aliphatic carbocycles. The van der Waals surface area contributed by atoms with Crippen LogP contribution in [0, 0.1) is 11.3 Å². The SMILES string of the molecule is N#Cc1c(-c2c(O)ccc(=O)n2Cc2ccncn2)nn(C(=O)c2cscn2)c1NCc1ccc(Cl)s1. The quantitative estimate of drug-likeness (QED) is 0.309. The van der Waals surface area contributed by atoms with E-state index >= 15 is 0 Å². The van der Waals surface area contributed by atoms with E-state index in [0.717, 1.165) is 9.56 Å². The molecule has 11 nitrogen and oxygen atoms in total. The fraction of sp³-hybridized carbons (Fsp3) is 0.0870. The van der Waals surface area contributed by atoms with Gasteiger partial charge in [-0.15, -0.1) is 22.7 Å². The van der Waals surface area contributed by atoms with Crippen molar-refractivity contribution in [1.82, 2.24) is 29.3 Å². The van der Waals surface area contributed by atoms with Gasteiger partial charge in [0.15, 0.2) is 5.82 Å². The number of hydrogen-bond donors (Lipinski definition) is 2. The van der Waals surface area contributed by atoms with Crippen LogP contribution in [0.3, 0.4) is 0 Å². The maximum absolute atomic E-state index is 13.3. The Hall–Kier alpha value is -4.38. The smallest absolute Gasteiger partial charge is 0.299 e. The number of carbonyl (C=O) groups is 1. The second-order valence-electron chi connectivity index (χ2n) is 7.53. The Kier molecular flexibility index (Phi) is 6.78. The highest BCUT2D eigenvalue weighted by Gasteiger charge is 2.28. The van der Waals surface area contributed by atoms with Gasteiger partial charge in [-0.1, -0.05) is 11.6 Å². The zero-order chi connectivity index (χ0) is 25.9. The summed E-state index contributed by atoms with van der Waals surface area (Å²) < 4.78 is 2.85. The second-order valence-corrected chi connectivity index (χ2v) is 10.0. The van der Waals surface area contributed by atoms with E-state index in [1.165, 1.54) is 57.4 Å². The lowest BCUT2D eigenvalue weighted by Gasteiger charge is -2.12. The third-order valence-corrected chi connectivity index (χ3v) is 7.07. The number of pyridine rings is 1. The highest BCUT2D eigenvalue weighted by Crippen LogP contribution is 2.34. The summed E-state index contributed by atoms with van der Waals surface area (Å²) in [4.78, 5) is 39.1. The number of aromatic hydroxyl groups is 1. The van der Waals surface area contributed by atoms with Crippen molar-refractivity contribution in [2.45, 2.75) is 13.1 Å². The number of carbonyl (C=O) groups excluding carboxylic acids is 1. The zero-order valence-electron chi connectivity index (χ0n) is 18.7. The topological polar surface area (TPSA) is 152 Å². The van der Waals surface area contributed by atoms with Crippen molar-refractivity contribution in [3.8, 4) is 23.2 Å². The lowest BCUT2D eigenvalue weighted by Crippen LogP contribution is -2.22. The predicted molar refractivity (Wildman–Crippen MR) is 138 cm³/mol. The molecule has 0 saturated carbocycles. The average Bonchev–Trinajstić information content (AvgIpc) is 3.65. The molecule has 0 fully saturated rings. The summed E-state index contributed by atoms with van der Waals surface area (Å²) in [5, 5.41) is 30.0. The molecule has 5 aromatic rings. The Morgan fingerprint density at radius 3 is 2.76 bits per heavy atom. The molecule has 0 atom stereocenters. The molecule has 0 unspecified atom stereocenters. The Bertz CT molecular complexity index is 1690. The molecular formula is C23H15ClN8O3S2. The third kappa shape index (κ3) is 4.85. The Morgan fingerprint density at radius 1 is 1.22 bits per heavy atom. The summed E-state index contributed by atoms with van der Waals surface area (Å²) in [6.45, 7) is 0.218. The van der Waals surface area contributed by atoms with Gasteiger partial charge in [-0.3, -0.25) is 14.2 Å². The van der Waals surface area contributed by atoms with Crippen LogP contribution in [0.15, 0.2) is 58.5 Å². The van der Waals surface area contributed by atoms with Gasteiger partial charge in [0.05, 0.1) is 28.6 Å². The molecule has 0 aliphatic heterocycles. The summed E-state index contributed by atoms with van der Waals surface area (Å²) in [5.74, 6) is -0.798. The first-order chi connectivity index (χ1) is 18.0. The summed E-state index contributed by atoms with van der Waals surface area (Å²) in [6, 6.07) is 9.67. The molecule has 5 rings (SSSR count). The Balaban J connectivity index is 1.68. The van der Waals surface area contributed by atoms with E-state index in [1.807, 2.05) is 6.07 Å². The molecule has 14 heteroatoms. The maximum Gasteiger partial charge on any atom is 0.299 e. The minimum Gasteiger partial charge on any atom is -0.506 e. The van der Waals surface area contributed by atoms with Crippen LogP contribution in [-0.4, -0.2) is 40.3 Å². The molecule has 0 saturated heterocycles. The normalized spacial score (nSPS) is 10.8. The number of nitriles is 1. The first-order valence-electron chi connectivity index (χ1n) is 10.6. The van der Waals surface area contributed by atoms with E-state index in [0.29, 0.717) is 10.0 Å². The summed E-state index contributed by atoms with van der Waals surface area (Å²) in [5.41, 5.74) is 1.54. The van der Waals surface area contributed by atoms with E-state index in [-0.39, 0.29) is 47.3 Å². The minimum absolute atomic E-state index is 0.0285. The molecule has 2 N–H and O–H groups in total. The van der Waals surface area contributed by atoms with Gasteiger partial charge in [-0.25, -0.2) is 15.0 Å². The van der Waals surface area contributed by atoms with Gasteiger partial charge in [0.1, 0.15) is 40.8 Å². The van der Waals surface area contributed by atoms with Gasteiger partial charge in [-0.2, -0.15) is 15.0 Å². The predicted octanol–water partition coefficient (Wildman–Crippen LogP) is 3.60. The van der Waals surface area contributed by atoms with Crippen LogP contribution in [0.25, 0.3) is 11.4 Å². The summed E-state index contributed by atoms with van der Waals surface area (Å²) >= 11 is 8.62. The van der Waals surface area contributed by atoms with E-state index in [4.69, 9.17) is 11.6 Å². The lowest BCUT2D eigenvalue weighted by molar-refractivity contribution is 0.0943. The highest BCUT2D eigenvalue weighted by molar-refractivity contribution is 7.16. The van der Waals surface area contributed by atoms with Crippen molar-refractivity contribution in [2.24, 2.45) is 0 Å². The fourth-order valence-electron chi connectivity index (χ4n) is 3.59. The highest BCUT2D eigenvalue weighted by atomic mass is 35.5. The average molecular weight is 551 g/mol. The van der Waals surface area contributed by atoms with Crippen molar-refractivity contribution in [3.05, 3.63) is 90.3 Å². The van der Waals surface area contributed by atoms with Crippen molar-refractivity contribution in [3.63, 3.8) is 0 Å². The molecule has 37 heavy (non-hydrogen) atoms. The molecule has 0 radical (unpaired) electrons. The van der Waals surface area contributed by atoms with E-state index < -0.39 is 11.5 Å². The standard InChI is InChI=1S/C23H15ClN8O3S2/c24-18-3-1-14(37-18)8-27-22-15(7-25)20(30-32(22)23(35)16-10-36-12-29-16)21-17(33)2-4-19(34)31(21)9-13-5-6-26-11-28-13/h1-6,10-12,27,33H,8-9H2. The molecule has 184 valence electrons. The molecule has 5 aromatic heterocycles. The molecule has 0 amide bonds. The van der Waals surface area contributed by atoms with Gasteiger partial charge in [0.2, 0.25) is 0 Å². The van der Waals surface area contributed by atoms with E-state index in [9.17, 15) is 20.0 Å². The number of halogens is 1. The van der Waals surface area contributed by atoms with Crippen LogP contribution in [-0.2, 0) is 13.1 Å². The van der Waals surface area contributed by atoms with Gasteiger partial charge in [0, 0.05) is 22.5 Å². The maximum atomic E-state index is 13.3. The third-order valence-electron chi connectivity index (χ3n) is 5.25. The number of anilines is 1. The number of rotatable bonds is 7. The Morgan fingerprint density at radius 2 is 2.08 bits per heavy atom. The van der Waals surface area contributed by atoms with Crippen molar-refractivity contribution in [1.29, 1.82) is 5.26 Å².